The van der Waals surface area contributed by atoms with E-state index in [1.54, 1.807) is 0 Å². The van der Waals surface area contributed by atoms with Crippen molar-refractivity contribution in [3.8, 4) is 0 Å². The molecule has 18 heavy (non-hydrogen) atoms. The second kappa shape index (κ2) is 3.96. The van der Waals surface area contributed by atoms with Crippen molar-refractivity contribution in [2.75, 3.05) is 26.3 Å². The molecule has 0 amide bonds. The summed E-state index contributed by atoms with van der Waals surface area (Å²) in [5.41, 5.74) is 0.270. The first-order valence-electron chi connectivity index (χ1n) is 7.67. The molecular weight excluding hydrogens is 224 g/mol. The molecule has 1 heterocycles. The molecule has 4 bridgehead atoms. The van der Waals surface area contributed by atoms with E-state index < -0.39 is 0 Å². The van der Waals surface area contributed by atoms with Gasteiger partial charge in [0.05, 0.1) is 13.2 Å². The van der Waals surface area contributed by atoms with E-state index in [1.807, 2.05) is 0 Å². The van der Waals surface area contributed by atoms with Crippen molar-refractivity contribution in [2.45, 2.75) is 38.5 Å². The van der Waals surface area contributed by atoms with Gasteiger partial charge >= 0.3 is 0 Å². The first-order valence-corrected chi connectivity index (χ1v) is 7.67. The van der Waals surface area contributed by atoms with Crippen LogP contribution >= 0.6 is 0 Å². The molecule has 0 unspecified atom stereocenters. The number of nitrogens with zero attached hydrogens (tertiary/aromatic N) is 1. The lowest BCUT2D eigenvalue weighted by Gasteiger charge is -2.58. The highest BCUT2D eigenvalue weighted by Gasteiger charge is 2.53. The van der Waals surface area contributed by atoms with Crippen LogP contribution in [0.2, 0.25) is 0 Å². The molecule has 1 aliphatic heterocycles. The fourth-order valence-corrected chi connectivity index (χ4v) is 5.52. The number of amidine groups is 1. The van der Waals surface area contributed by atoms with Gasteiger partial charge in [-0.1, -0.05) is 0 Å². The summed E-state index contributed by atoms with van der Waals surface area (Å²) in [7, 11) is 0. The Morgan fingerprint density at radius 2 is 1.44 bits per heavy atom. The van der Waals surface area contributed by atoms with Gasteiger partial charge in [0.15, 0.2) is 0 Å². The quantitative estimate of drug-likeness (QED) is 0.572. The molecule has 1 saturated heterocycles. The van der Waals surface area contributed by atoms with Crippen molar-refractivity contribution in [1.29, 1.82) is 5.41 Å². The lowest BCUT2D eigenvalue weighted by Crippen LogP contribution is -2.56. The van der Waals surface area contributed by atoms with Crippen molar-refractivity contribution in [3.05, 3.63) is 0 Å². The summed E-state index contributed by atoms with van der Waals surface area (Å²) in [5.74, 6) is 3.80. The zero-order valence-corrected chi connectivity index (χ0v) is 11.2. The lowest BCUT2D eigenvalue weighted by atomic mass is 9.49. The van der Waals surface area contributed by atoms with Gasteiger partial charge in [-0.2, -0.15) is 0 Å². The van der Waals surface area contributed by atoms with Crippen molar-refractivity contribution in [1.82, 2.24) is 4.90 Å². The fourth-order valence-electron chi connectivity index (χ4n) is 5.52. The molecule has 4 aliphatic carbocycles. The van der Waals surface area contributed by atoms with Crippen LogP contribution in [-0.2, 0) is 4.74 Å². The van der Waals surface area contributed by atoms with Crippen LogP contribution in [0, 0.1) is 28.6 Å². The van der Waals surface area contributed by atoms with E-state index in [0.717, 1.165) is 49.9 Å². The summed E-state index contributed by atoms with van der Waals surface area (Å²) in [6.45, 7) is 3.52. The zero-order valence-electron chi connectivity index (χ0n) is 11.2. The third-order valence-corrected chi connectivity index (χ3v) is 5.87. The molecular formula is C15H24N2O. The number of nitrogens with one attached hydrogen (secondary N) is 1. The van der Waals surface area contributed by atoms with E-state index in [4.69, 9.17) is 10.1 Å². The summed E-state index contributed by atoms with van der Waals surface area (Å²) in [4.78, 5) is 2.32. The first kappa shape index (κ1) is 11.3. The van der Waals surface area contributed by atoms with Crippen LogP contribution in [0.3, 0.4) is 0 Å². The molecule has 3 nitrogen and oxygen atoms in total. The van der Waals surface area contributed by atoms with E-state index in [-0.39, 0.29) is 5.41 Å². The molecule has 1 N–H and O–H groups in total. The molecule has 5 fully saturated rings. The topological polar surface area (TPSA) is 36.3 Å². The van der Waals surface area contributed by atoms with E-state index in [2.05, 4.69) is 4.90 Å². The summed E-state index contributed by atoms with van der Waals surface area (Å²) >= 11 is 0. The highest BCUT2D eigenvalue weighted by molar-refractivity contribution is 5.86. The average molecular weight is 248 g/mol. The number of rotatable bonds is 1. The van der Waals surface area contributed by atoms with Gasteiger partial charge in [-0.05, 0) is 56.3 Å². The average Bonchev–Trinajstić information content (AvgIpc) is 2.37. The molecule has 4 saturated carbocycles. The fraction of sp³-hybridized carbons (Fsp3) is 0.933. The van der Waals surface area contributed by atoms with E-state index >= 15 is 0 Å². The zero-order chi connectivity index (χ0) is 12.2. The first-order chi connectivity index (χ1) is 8.75. The summed E-state index contributed by atoms with van der Waals surface area (Å²) < 4.78 is 5.43. The largest absolute Gasteiger partial charge is 0.378 e. The number of hydrogen-bond acceptors (Lipinski definition) is 2. The SMILES string of the molecule is N=C(N1CCOCC1)C12CC3CC(CC(C3)C1)C2. The van der Waals surface area contributed by atoms with Crippen molar-refractivity contribution in [3.63, 3.8) is 0 Å². The number of morpholine rings is 1. The van der Waals surface area contributed by atoms with Crippen LogP contribution in [0.25, 0.3) is 0 Å². The summed E-state index contributed by atoms with van der Waals surface area (Å²) in [5, 5.41) is 8.73. The molecule has 0 aromatic rings. The van der Waals surface area contributed by atoms with Gasteiger partial charge in [0.1, 0.15) is 5.84 Å². The highest BCUT2D eigenvalue weighted by Crippen LogP contribution is 2.60. The van der Waals surface area contributed by atoms with Gasteiger partial charge in [0, 0.05) is 18.5 Å². The third kappa shape index (κ3) is 1.63. The summed E-state index contributed by atoms with van der Waals surface area (Å²) in [6, 6.07) is 0. The maximum Gasteiger partial charge on any atom is 0.102 e. The van der Waals surface area contributed by atoms with Crippen LogP contribution in [0.15, 0.2) is 0 Å². The molecule has 0 radical (unpaired) electrons. The van der Waals surface area contributed by atoms with Crippen LogP contribution in [0.5, 0.6) is 0 Å². The second-order valence-corrected chi connectivity index (χ2v) is 7.15. The Hall–Kier alpha value is -0.570. The monoisotopic (exact) mass is 248 g/mol. The Kier molecular flexibility index (Phi) is 2.48. The Morgan fingerprint density at radius 1 is 0.944 bits per heavy atom. The van der Waals surface area contributed by atoms with Crippen LogP contribution in [-0.4, -0.2) is 37.0 Å². The van der Waals surface area contributed by atoms with Gasteiger partial charge in [-0.3, -0.25) is 5.41 Å². The molecule has 5 rings (SSSR count). The van der Waals surface area contributed by atoms with Crippen molar-refractivity contribution >= 4 is 5.84 Å². The molecule has 0 spiro atoms. The molecule has 5 aliphatic rings. The summed E-state index contributed by atoms with van der Waals surface area (Å²) in [6.07, 6.45) is 8.35. The molecule has 0 atom stereocenters. The lowest BCUT2D eigenvalue weighted by molar-refractivity contribution is -0.0239. The number of hydrogen-bond donors (Lipinski definition) is 1. The van der Waals surface area contributed by atoms with Crippen LogP contribution in [0.4, 0.5) is 0 Å². The molecule has 3 heteroatoms. The van der Waals surface area contributed by atoms with Gasteiger partial charge in [-0.15, -0.1) is 0 Å². The predicted octanol–water partition coefficient (Wildman–Crippen LogP) is 2.51. The Balaban J connectivity index is 1.57. The van der Waals surface area contributed by atoms with Crippen molar-refractivity contribution in [2.24, 2.45) is 23.2 Å². The maximum atomic E-state index is 8.73. The minimum absolute atomic E-state index is 0.270. The smallest absolute Gasteiger partial charge is 0.102 e. The predicted molar refractivity (Wildman–Crippen MR) is 70.7 cm³/mol. The Morgan fingerprint density at radius 3 is 1.94 bits per heavy atom. The number of ether oxygens (including phenoxy) is 1. The van der Waals surface area contributed by atoms with Gasteiger partial charge in [0.25, 0.3) is 0 Å². The minimum atomic E-state index is 0.270. The normalized spacial score (nSPS) is 46.4. The van der Waals surface area contributed by atoms with E-state index in [9.17, 15) is 0 Å². The minimum Gasteiger partial charge on any atom is -0.378 e. The maximum absolute atomic E-state index is 8.73. The Bertz CT molecular complexity index is 324. The molecule has 100 valence electrons. The van der Waals surface area contributed by atoms with Gasteiger partial charge in [-0.25, -0.2) is 0 Å². The Labute approximate surface area is 109 Å². The van der Waals surface area contributed by atoms with E-state index in [1.165, 1.54) is 38.5 Å². The highest BCUT2D eigenvalue weighted by atomic mass is 16.5. The van der Waals surface area contributed by atoms with E-state index in [0.29, 0.717) is 0 Å². The van der Waals surface area contributed by atoms with Gasteiger partial charge < -0.3 is 9.64 Å². The molecule has 0 aromatic carbocycles. The molecule has 0 aromatic heterocycles. The van der Waals surface area contributed by atoms with Crippen LogP contribution in [0.1, 0.15) is 38.5 Å². The van der Waals surface area contributed by atoms with Crippen LogP contribution < -0.4 is 0 Å². The van der Waals surface area contributed by atoms with Crippen molar-refractivity contribution < 1.29 is 4.74 Å². The van der Waals surface area contributed by atoms with Gasteiger partial charge in [0.2, 0.25) is 0 Å². The second-order valence-electron chi connectivity index (χ2n) is 7.15. The standard InChI is InChI=1S/C15H24N2O/c16-14(17-1-3-18-4-2-17)15-8-11-5-12(9-15)7-13(6-11)10-15/h11-13,16H,1-10H2. The third-order valence-electron chi connectivity index (χ3n) is 5.87.